The molecule has 0 unspecified atom stereocenters. The van der Waals surface area contributed by atoms with Gasteiger partial charge in [-0.05, 0) is 37.7 Å². The highest BCUT2D eigenvalue weighted by atomic mass is 16.5. The summed E-state index contributed by atoms with van der Waals surface area (Å²) in [5, 5.41) is 18.3. The van der Waals surface area contributed by atoms with Gasteiger partial charge in [-0.25, -0.2) is 0 Å². The molecule has 0 heterocycles. The molecule has 0 amide bonds. The van der Waals surface area contributed by atoms with E-state index in [-0.39, 0.29) is 13.2 Å². The number of aryl methyl sites for hydroxylation is 1. The lowest BCUT2D eigenvalue weighted by molar-refractivity contribution is 0.110. The van der Waals surface area contributed by atoms with Gasteiger partial charge in [0, 0.05) is 13.2 Å². The van der Waals surface area contributed by atoms with Gasteiger partial charge in [0.2, 0.25) is 0 Å². The highest BCUT2D eigenvalue weighted by Crippen LogP contribution is 2.13. The van der Waals surface area contributed by atoms with Crippen LogP contribution < -0.4 is 5.73 Å². The van der Waals surface area contributed by atoms with Crippen LogP contribution in [0.1, 0.15) is 76.2 Å². The number of benzene rings is 1. The van der Waals surface area contributed by atoms with E-state index in [0.717, 1.165) is 38.9 Å². The summed E-state index contributed by atoms with van der Waals surface area (Å²) in [5.74, 6) is 0. The molecule has 0 aliphatic carbocycles. The molecule has 0 radical (unpaired) electrons. The number of aliphatic hydroxyl groups is 2. The second kappa shape index (κ2) is 16.1. The van der Waals surface area contributed by atoms with E-state index in [9.17, 15) is 0 Å². The molecule has 4 heteroatoms. The number of hydrogen-bond donors (Lipinski definition) is 3. The van der Waals surface area contributed by atoms with Crippen molar-refractivity contribution in [1.82, 2.24) is 0 Å². The zero-order valence-corrected chi connectivity index (χ0v) is 17.1. The highest BCUT2D eigenvalue weighted by Gasteiger charge is 2.21. The monoisotopic (exact) mass is 379 g/mol. The van der Waals surface area contributed by atoms with E-state index in [2.05, 4.69) is 30.3 Å². The lowest BCUT2D eigenvalue weighted by atomic mass is 9.95. The highest BCUT2D eigenvalue weighted by molar-refractivity contribution is 5.14. The Morgan fingerprint density at radius 3 is 1.81 bits per heavy atom. The van der Waals surface area contributed by atoms with Crippen LogP contribution in [0.2, 0.25) is 0 Å². The molecule has 0 aliphatic heterocycles. The molecule has 0 atom stereocenters. The maximum atomic E-state index is 9.13. The molecule has 0 bridgehead atoms. The van der Waals surface area contributed by atoms with Crippen LogP contribution in [0.3, 0.4) is 0 Å². The summed E-state index contributed by atoms with van der Waals surface area (Å²) in [5.41, 5.74) is 6.49. The minimum Gasteiger partial charge on any atom is -0.394 e. The molecule has 156 valence electrons. The molecular weight excluding hydrogens is 338 g/mol. The summed E-state index contributed by atoms with van der Waals surface area (Å²) in [6, 6.07) is 10.7. The van der Waals surface area contributed by atoms with E-state index < -0.39 is 5.54 Å². The Kier molecular flexibility index (Phi) is 14.3. The van der Waals surface area contributed by atoms with Crippen molar-refractivity contribution in [2.75, 3.05) is 26.4 Å². The van der Waals surface area contributed by atoms with Gasteiger partial charge < -0.3 is 20.7 Å². The third kappa shape index (κ3) is 13.0. The average Bonchev–Trinajstić information content (AvgIpc) is 2.71. The van der Waals surface area contributed by atoms with E-state index in [0.29, 0.717) is 6.42 Å². The van der Waals surface area contributed by atoms with Gasteiger partial charge in [0.1, 0.15) is 0 Å². The van der Waals surface area contributed by atoms with Crippen LogP contribution in [0, 0.1) is 0 Å². The van der Waals surface area contributed by atoms with Gasteiger partial charge in [0.15, 0.2) is 0 Å². The molecule has 0 saturated carbocycles. The number of rotatable bonds is 18. The molecule has 0 spiro atoms. The van der Waals surface area contributed by atoms with E-state index >= 15 is 0 Å². The standard InChI is InChI=1S/C23H41NO3/c24-23(20-25,21-26)17-11-4-6-13-19-27-18-12-5-2-1-3-8-14-22-15-9-7-10-16-22/h7,9-10,15-16,25-26H,1-6,8,11-14,17-21,24H2. The predicted molar refractivity (Wildman–Crippen MR) is 113 cm³/mol. The lowest BCUT2D eigenvalue weighted by Gasteiger charge is -2.24. The third-order valence-corrected chi connectivity index (χ3v) is 5.19. The topological polar surface area (TPSA) is 75.7 Å². The fourth-order valence-electron chi connectivity index (χ4n) is 3.23. The van der Waals surface area contributed by atoms with Crippen LogP contribution in [0.4, 0.5) is 0 Å². The van der Waals surface area contributed by atoms with Gasteiger partial charge in [-0.3, -0.25) is 0 Å². The summed E-state index contributed by atoms with van der Waals surface area (Å²) in [7, 11) is 0. The normalized spacial score (nSPS) is 11.8. The largest absolute Gasteiger partial charge is 0.394 e. The van der Waals surface area contributed by atoms with Gasteiger partial charge in [-0.2, -0.15) is 0 Å². The minimum absolute atomic E-state index is 0.153. The van der Waals surface area contributed by atoms with Crippen LogP contribution in [-0.4, -0.2) is 42.2 Å². The summed E-state index contributed by atoms with van der Waals surface area (Å²) >= 11 is 0. The Labute approximate surface area is 166 Å². The molecular formula is C23H41NO3. The Bertz CT molecular complexity index is 435. The molecule has 0 fully saturated rings. The van der Waals surface area contributed by atoms with Crippen LogP contribution in [0.5, 0.6) is 0 Å². The number of aliphatic hydroxyl groups excluding tert-OH is 2. The number of unbranched alkanes of at least 4 members (excludes halogenated alkanes) is 8. The van der Waals surface area contributed by atoms with Gasteiger partial charge in [0.05, 0.1) is 18.8 Å². The first kappa shape index (κ1) is 24.1. The van der Waals surface area contributed by atoms with Crippen LogP contribution in [-0.2, 0) is 11.2 Å². The zero-order valence-electron chi connectivity index (χ0n) is 17.1. The molecule has 4 nitrogen and oxygen atoms in total. The zero-order chi connectivity index (χ0) is 19.6. The SMILES string of the molecule is NC(CO)(CO)CCCCCCOCCCCCCCCc1ccccc1. The van der Waals surface area contributed by atoms with Crippen molar-refractivity contribution in [2.24, 2.45) is 5.73 Å². The fraction of sp³-hybridized carbons (Fsp3) is 0.739. The minimum atomic E-state index is -0.807. The van der Waals surface area contributed by atoms with Crippen molar-refractivity contribution in [2.45, 2.75) is 82.6 Å². The fourth-order valence-corrected chi connectivity index (χ4v) is 3.23. The first-order valence-electron chi connectivity index (χ1n) is 10.8. The molecule has 0 aromatic heterocycles. The summed E-state index contributed by atoms with van der Waals surface area (Å²) < 4.78 is 5.70. The van der Waals surface area contributed by atoms with E-state index in [1.807, 2.05) is 0 Å². The van der Waals surface area contributed by atoms with E-state index in [1.165, 1.54) is 50.5 Å². The van der Waals surface area contributed by atoms with Gasteiger partial charge >= 0.3 is 0 Å². The smallest absolute Gasteiger partial charge is 0.0633 e. The van der Waals surface area contributed by atoms with Gasteiger partial charge in [-0.15, -0.1) is 0 Å². The second-order valence-corrected chi connectivity index (χ2v) is 7.81. The number of nitrogens with two attached hydrogens (primary N) is 1. The maximum absolute atomic E-state index is 9.13. The van der Waals surface area contributed by atoms with Crippen molar-refractivity contribution in [1.29, 1.82) is 0 Å². The molecule has 27 heavy (non-hydrogen) atoms. The van der Waals surface area contributed by atoms with Crippen molar-refractivity contribution in [3.05, 3.63) is 35.9 Å². The third-order valence-electron chi connectivity index (χ3n) is 5.19. The van der Waals surface area contributed by atoms with Crippen LogP contribution in [0.25, 0.3) is 0 Å². The van der Waals surface area contributed by atoms with Crippen LogP contribution >= 0.6 is 0 Å². The number of hydrogen-bond acceptors (Lipinski definition) is 4. The maximum Gasteiger partial charge on any atom is 0.0633 e. The molecule has 0 aliphatic rings. The Morgan fingerprint density at radius 2 is 1.22 bits per heavy atom. The first-order chi connectivity index (χ1) is 13.2. The Hall–Kier alpha value is -0.940. The molecule has 1 aromatic rings. The second-order valence-electron chi connectivity index (χ2n) is 7.81. The van der Waals surface area contributed by atoms with Crippen molar-refractivity contribution in [3.63, 3.8) is 0 Å². The van der Waals surface area contributed by atoms with Crippen molar-refractivity contribution >= 4 is 0 Å². The summed E-state index contributed by atoms with van der Waals surface area (Å²) in [6.45, 7) is 1.41. The quantitative estimate of drug-likeness (QED) is 0.334. The van der Waals surface area contributed by atoms with E-state index in [1.54, 1.807) is 0 Å². The van der Waals surface area contributed by atoms with Crippen LogP contribution in [0.15, 0.2) is 30.3 Å². The average molecular weight is 380 g/mol. The molecule has 4 N–H and O–H groups in total. The summed E-state index contributed by atoms with van der Waals surface area (Å²) in [6.07, 6.45) is 13.8. The van der Waals surface area contributed by atoms with Gasteiger partial charge in [0.25, 0.3) is 0 Å². The number of ether oxygens (including phenoxy) is 1. The predicted octanol–water partition coefficient (Wildman–Crippen LogP) is 4.22. The first-order valence-corrected chi connectivity index (χ1v) is 10.8. The van der Waals surface area contributed by atoms with Gasteiger partial charge in [-0.1, -0.05) is 75.3 Å². The van der Waals surface area contributed by atoms with Crippen molar-refractivity contribution < 1.29 is 14.9 Å². The lowest BCUT2D eigenvalue weighted by Crippen LogP contribution is -2.47. The van der Waals surface area contributed by atoms with Crippen molar-refractivity contribution in [3.8, 4) is 0 Å². The van der Waals surface area contributed by atoms with E-state index in [4.69, 9.17) is 20.7 Å². The molecule has 0 saturated heterocycles. The molecule has 1 rings (SSSR count). The summed E-state index contributed by atoms with van der Waals surface area (Å²) in [4.78, 5) is 0. The Balaban J connectivity index is 1.77. The Morgan fingerprint density at radius 1 is 0.704 bits per heavy atom. The molecule has 1 aromatic carbocycles.